The number of piperazine rings is 1. The summed E-state index contributed by atoms with van der Waals surface area (Å²) in [6, 6.07) is 20.5. The van der Waals surface area contributed by atoms with Crippen molar-refractivity contribution in [2.75, 3.05) is 39.3 Å². The highest BCUT2D eigenvalue weighted by Crippen LogP contribution is 2.36. The lowest BCUT2D eigenvalue weighted by atomic mass is 9.82. The van der Waals surface area contributed by atoms with Crippen LogP contribution in [0.3, 0.4) is 0 Å². The van der Waals surface area contributed by atoms with Gasteiger partial charge in [0.2, 0.25) is 0 Å². The SMILES string of the molecule is O=C1NC(c2ccccc2)(c2ccccc2)C(=O)N1CCCC[N+]1(c2ncccn2)CCNCC1. The lowest BCUT2D eigenvalue weighted by Crippen LogP contribution is -2.61. The molecular weight excluding hydrogens is 440 g/mol. The summed E-state index contributed by atoms with van der Waals surface area (Å²) < 4.78 is 0.728. The average Bonchev–Trinajstić information content (AvgIpc) is 3.19. The zero-order valence-corrected chi connectivity index (χ0v) is 19.8. The van der Waals surface area contributed by atoms with Crippen molar-refractivity contribution in [2.45, 2.75) is 18.4 Å². The number of rotatable bonds is 8. The van der Waals surface area contributed by atoms with Crippen LogP contribution in [0.4, 0.5) is 10.7 Å². The third-order valence-electron chi connectivity index (χ3n) is 7.15. The Morgan fingerprint density at radius 3 is 2.03 bits per heavy atom. The van der Waals surface area contributed by atoms with Crippen molar-refractivity contribution in [3.63, 3.8) is 0 Å². The molecule has 35 heavy (non-hydrogen) atoms. The molecule has 180 valence electrons. The van der Waals surface area contributed by atoms with Gasteiger partial charge in [0.05, 0.1) is 19.6 Å². The maximum Gasteiger partial charge on any atom is 0.328 e. The van der Waals surface area contributed by atoms with Gasteiger partial charge in [0, 0.05) is 32.0 Å². The zero-order chi connectivity index (χ0) is 24.1. The highest BCUT2D eigenvalue weighted by atomic mass is 16.2. The Kier molecular flexibility index (Phi) is 6.57. The number of imide groups is 1. The first-order valence-corrected chi connectivity index (χ1v) is 12.3. The number of nitrogens with zero attached hydrogens (tertiary/aromatic N) is 4. The maximum absolute atomic E-state index is 13.8. The van der Waals surface area contributed by atoms with E-state index in [0.29, 0.717) is 6.54 Å². The number of benzene rings is 2. The van der Waals surface area contributed by atoms with Crippen LogP contribution in [0.5, 0.6) is 0 Å². The van der Waals surface area contributed by atoms with Crippen molar-refractivity contribution in [1.29, 1.82) is 0 Å². The van der Waals surface area contributed by atoms with Crippen molar-refractivity contribution in [3.8, 4) is 0 Å². The summed E-state index contributed by atoms with van der Waals surface area (Å²) in [7, 11) is 0. The molecule has 5 rings (SSSR count). The molecule has 2 saturated heterocycles. The molecule has 0 saturated carbocycles. The summed E-state index contributed by atoms with van der Waals surface area (Å²) in [5.74, 6) is 0.619. The Labute approximate surface area is 205 Å². The lowest BCUT2D eigenvalue weighted by Gasteiger charge is -2.39. The van der Waals surface area contributed by atoms with E-state index in [9.17, 15) is 9.59 Å². The predicted molar refractivity (Wildman–Crippen MR) is 134 cm³/mol. The monoisotopic (exact) mass is 471 g/mol. The van der Waals surface area contributed by atoms with E-state index in [0.717, 1.165) is 67.1 Å². The smallest absolute Gasteiger partial charge is 0.315 e. The summed E-state index contributed by atoms with van der Waals surface area (Å²) >= 11 is 0. The second-order valence-corrected chi connectivity index (χ2v) is 9.19. The molecule has 0 unspecified atom stereocenters. The van der Waals surface area contributed by atoms with Gasteiger partial charge >= 0.3 is 12.0 Å². The summed E-state index contributed by atoms with van der Waals surface area (Å²) in [5.41, 5.74) is 0.321. The van der Waals surface area contributed by atoms with E-state index in [4.69, 9.17) is 0 Å². The van der Waals surface area contributed by atoms with Crippen LogP contribution >= 0.6 is 0 Å². The number of unbranched alkanes of at least 4 members (excludes halogenated alkanes) is 1. The van der Waals surface area contributed by atoms with Gasteiger partial charge < -0.3 is 10.6 Å². The fraction of sp³-hybridized carbons (Fsp3) is 0.333. The van der Waals surface area contributed by atoms with E-state index in [1.165, 1.54) is 4.90 Å². The van der Waals surface area contributed by atoms with Crippen molar-refractivity contribution in [2.24, 2.45) is 0 Å². The van der Waals surface area contributed by atoms with Crippen LogP contribution < -0.4 is 15.1 Å². The lowest BCUT2D eigenvalue weighted by molar-refractivity contribution is -0.130. The molecule has 3 aromatic rings. The second-order valence-electron chi connectivity index (χ2n) is 9.19. The maximum atomic E-state index is 13.8. The van der Waals surface area contributed by atoms with Gasteiger partial charge in [-0.05, 0) is 30.0 Å². The average molecular weight is 472 g/mol. The Bertz CT molecular complexity index is 1110. The number of carbonyl (C=O) groups excluding carboxylic acids is 2. The summed E-state index contributed by atoms with van der Waals surface area (Å²) in [6.07, 6.45) is 5.17. The number of aromatic nitrogens is 2. The van der Waals surface area contributed by atoms with Crippen molar-refractivity contribution in [3.05, 3.63) is 90.3 Å². The van der Waals surface area contributed by atoms with Crippen LogP contribution in [0.2, 0.25) is 0 Å². The topological polar surface area (TPSA) is 87.2 Å². The molecule has 1 aromatic heterocycles. The van der Waals surface area contributed by atoms with Crippen LogP contribution in [-0.4, -0.2) is 66.1 Å². The third-order valence-corrected chi connectivity index (χ3v) is 7.15. The molecule has 8 heteroatoms. The molecule has 0 spiro atoms. The molecule has 8 nitrogen and oxygen atoms in total. The first kappa shape index (κ1) is 23.1. The van der Waals surface area contributed by atoms with Crippen LogP contribution in [0.1, 0.15) is 24.0 Å². The fourth-order valence-electron chi connectivity index (χ4n) is 5.28. The number of urea groups is 1. The van der Waals surface area contributed by atoms with E-state index in [2.05, 4.69) is 20.6 Å². The molecule has 2 aliphatic heterocycles. The third kappa shape index (κ3) is 4.31. The van der Waals surface area contributed by atoms with Crippen LogP contribution in [0.25, 0.3) is 0 Å². The highest BCUT2D eigenvalue weighted by molar-refractivity contribution is 6.09. The minimum Gasteiger partial charge on any atom is -0.315 e. The number of quaternary nitrogens is 1. The van der Waals surface area contributed by atoms with Crippen LogP contribution in [-0.2, 0) is 10.3 Å². The number of nitrogens with one attached hydrogen (secondary N) is 2. The Morgan fingerprint density at radius 2 is 1.43 bits per heavy atom. The molecule has 0 bridgehead atoms. The van der Waals surface area contributed by atoms with Gasteiger partial charge in [0.25, 0.3) is 5.91 Å². The Morgan fingerprint density at radius 1 is 0.829 bits per heavy atom. The van der Waals surface area contributed by atoms with Gasteiger partial charge in [-0.15, -0.1) is 0 Å². The minimum absolute atomic E-state index is 0.225. The van der Waals surface area contributed by atoms with E-state index < -0.39 is 5.54 Å². The Balaban J connectivity index is 1.31. The number of hydrogen-bond acceptors (Lipinski definition) is 5. The molecular formula is C27H31N6O2+. The van der Waals surface area contributed by atoms with E-state index in [1.807, 2.05) is 66.7 Å². The molecule has 2 fully saturated rings. The van der Waals surface area contributed by atoms with Gasteiger partial charge in [-0.2, -0.15) is 9.97 Å². The largest absolute Gasteiger partial charge is 0.328 e. The van der Waals surface area contributed by atoms with Crippen molar-refractivity contribution < 1.29 is 9.59 Å². The normalized spacial score (nSPS) is 18.9. The van der Waals surface area contributed by atoms with E-state index >= 15 is 0 Å². The molecule has 2 N–H and O–H groups in total. The first-order valence-electron chi connectivity index (χ1n) is 12.3. The number of carbonyl (C=O) groups is 2. The van der Waals surface area contributed by atoms with Crippen molar-refractivity contribution >= 4 is 17.9 Å². The van der Waals surface area contributed by atoms with Gasteiger partial charge in [-0.25, -0.2) is 4.79 Å². The van der Waals surface area contributed by atoms with Gasteiger partial charge in [0.15, 0.2) is 5.54 Å². The quantitative estimate of drug-likeness (QED) is 0.300. The number of amides is 3. The fourth-order valence-corrected chi connectivity index (χ4v) is 5.28. The van der Waals surface area contributed by atoms with Crippen molar-refractivity contribution in [1.82, 2.24) is 30.0 Å². The summed E-state index contributed by atoms with van der Waals surface area (Å²) in [4.78, 5) is 37.4. The van der Waals surface area contributed by atoms with Crippen LogP contribution in [0.15, 0.2) is 79.1 Å². The predicted octanol–water partition coefficient (Wildman–Crippen LogP) is 2.66. The molecule has 0 radical (unpaired) electrons. The standard InChI is InChI=1S/C27H30N6O2/c34-24-27(22-10-3-1-4-11-22,23-12-5-2-6-13-23)31-26(35)32(24)18-7-8-19-33(20-16-28-17-21-33)25-29-14-9-15-30-25/h1-6,9-15,28H,7-8,16-21H2/p+1. The first-order chi connectivity index (χ1) is 17.2. The Hall–Kier alpha value is -3.62. The molecule has 0 atom stereocenters. The molecule has 2 aromatic carbocycles. The molecule has 3 amide bonds. The van der Waals surface area contributed by atoms with Crippen LogP contribution in [0, 0.1) is 0 Å². The van der Waals surface area contributed by atoms with Gasteiger partial charge in [-0.1, -0.05) is 60.7 Å². The molecule has 0 aliphatic carbocycles. The second kappa shape index (κ2) is 9.93. The number of hydrogen-bond donors (Lipinski definition) is 2. The van der Waals surface area contributed by atoms with E-state index in [-0.39, 0.29) is 11.9 Å². The minimum atomic E-state index is -1.20. The summed E-state index contributed by atoms with van der Waals surface area (Å²) in [5, 5.41) is 6.45. The zero-order valence-electron chi connectivity index (χ0n) is 19.8. The summed E-state index contributed by atoms with van der Waals surface area (Å²) in [6.45, 7) is 4.94. The van der Waals surface area contributed by atoms with Gasteiger partial charge in [-0.3, -0.25) is 14.2 Å². The molecule has 3 heterocycles. The van der Waals surface area contributed by atoms with Gasteiger partial charge in [0.1, 0.15) is 0 Å². The molecule has 2 aliphatic rings. The van der Waals surface area contributed by atoms with E-state index in [1.54, 1.807) is 12.4 Å². The highest BCUT2D eigenvalue weighted by Gasteiger charge is 2.53.